The number of ether oxygens (including phenoxy) is 1. The summed E-state index contributed by atoms with van der Waals surface area (Å²) < 4.78 is 5.67. The van der Waals surface area contributed by atoms with Crippen LogP contribution in [-0.4, -0.2) is 32.9 Å². The lowest BCUT2D eigenvalue weighted by atomic mass is 10.1. The van der Waals surface area contributed by atoms with E-state index >= 15 is 0 Å². The van der Waals surface area contributed by atoms with Gasteiger partial charge in [0.1, 0.15) is 5.75 Å². The van der Waals surface area contributed by atoms with E-state index in [0.717, 1.165) is 59.3 Å². The van der Waals surface area contributed by atoms with Gasteiger partial charge in [0.2, 0.25) is 5.91 Å². The van der Waals surface area contributed by atoms with Gasteiger partial charge in [0.15, 0.2) is 0 Å². The molecule has 2 aromatic carbocycles. The first-order valence-electron chi connectivity index (χ1n) is 13.2. The quantitative estimate of drug-likeness (QED) is 0.117. The van der Waals surface area contributed by atoms with Crippen LogP contribution in [0, 0.1) is 13.8 Å². The third-order valence-electron chi connectivity index (χ3n) is 5.62. The van der Waals surface area contributed by atoms with Crippen molar-refractivity contribution in [1.82, 2.24) is 20.7 Å². The highest BCUT2D eigenvalue weighted by molar-refractivity contribution is 5.89. The fraction of sp³-hybridized carbons (Fsp3) is 0.323. The van der Waals surface area contributed by atoms with Crippen molar-refractivity contribution < 1.29 is 14.7 Å². The Balaban J connectivity index is 0.000000251. The Hall–Kier alpha value is -3.97. The second-order valence-electron chi connectivity index (χ2n) is 8.56. The lowest BCUT2D eigenvalue weighted by Gasteiger charge is -2.08. The van der Waals surface area contributed by atoms with Crippen LogP contribution >= 0.6 is 0 Å². The van der Waals surface area contributed by atoms with Gasteiger partial charge in [-0.15, -0.1) is 0 Å². The Morgan fingerprint density at radius 3 is 2.47 bits per heavy atom. The lowest BCUT2D eigenvalue weighted by molar-refractivity contribution is -0.129. The van der Waals surface area contributed by atoms with Gasteiger partial charge in [-0.2, -0.15) is 5.10 Å². The number of aromatic nitrogens is 3. The van der Waals surface area contributed by atoms with Crippen LogP contribution in [0.5, 0.6) is 5.75 Å². The van der Waals surface area contributed by atoms with Gasteiger partial charge in [0.25, 0.3) is 0 Å². The number of carbonyl (C=O) groups is 1. The monoisotopic (exact) mass is 516 g/mol. The maximum absolute atomic E-state index is 10.7. The summed E-state index contributed by atoms with van der Waals surface area (Å²) in [6.45, 7) is 8.81. The summed E-state index contributed by atoms with van der Waals surface area (Å²) in [6, 6.07) is 20.1. The number of benzene rings is 2. The zero-order valence-corrected chi connectivity index (χ0v) is 22.9. The Labute approximate surface area is 225 Å². The molecule has 3 N–H and O–H groups in total. The SMILES string of the molecule is CC.Cc1ccc2c(/C=C/c3ccccn3)n[nH]c2c1.Cc1ccccc1OCCCCCCC(=O)NO. The number of rotatable bonds is 10. The molecule has 0 radical (unpaired) electrons. The average Bonchev–Trinajstić information content (AvgIpc) is 3.36. The topological polar surface area (TPSA) is 100 Å². The number of aromatic amines is 1. The molecule has 1 amide bonds. The van der Waals surface area contributed by atoms with Crippen LogP contribution in [0.1, 0.15) is 68.5 Å². The van der Waals surface area contributed by atoms with E-state index in [1.807, 2.05) is 75.4 Å². The summed E-state index contributed by atoms with van der Waals surface area (Å²) >= 11 is 0. The fourth-order valence-electron chi connectivity index (χ4n) is 3.62. The summed E-state index contributed by atoms with van der Waals surface area (Å²) in [6.07, 6.45) is 9.91. The van der Waals surface area contributed by atoms with E-state index in [-0.39, 0.29) is 5.91 Å². The molecule has 0 unspecified atom stereocenters. The first-order chi connectivity index (χ1) is 18.6. The fourth-order valence-corrected chi connectivity index (χ4v) is 3.62. The van der Waals surface area contributed by atoms with Gasteiger partial charge in [-0.05, 0) is 74.2 Å². The van der Waals surface area contributed by atoms with E-state index in [2.05, 4.69) is 40.3 Å². The van der Waals surface area contributed by atoms with Crippen molar-refractivity contribution in [1.29, 1.82) is 0 Å². The molecule has 0 aliphatic heterocycles. The minimum absolute atomic E-state index is 0.314. The molecule has 0 aliphatic rings. The highest BCUT2D eigenvalue weighted by atomic mass is 16.5. The summed E-state index contributed by atoms with van der Waals surface area (Å²) in [5, 5.41) is 16.8. The van der Waals surface area contributed by atoms with Crippen LogP contribution in [0.25, 0.3) is 23.1 Å². The number of unbranched alkanes of at least 4 members (excludes halogenated alkanes) is 3. The second kappa shape index (κ2) is 17.5. The van der Waals surface area contributed by atoms with E-state index < -0.39 is 0 Å². The van der Waals surface area contributed by atoms with Crippen molar-refractivity contribution in [3.63, 3.8) is 0 Å². The third kappa shape index (κ3) is 10.6. The summed E-state index contributed by atoms with van der Waals surface area (Å²) in [7, 11) is 0. The molecular weight excluding hydrogens is 476 g/mol. The number of hydroxylamine groups is 1. The number of nitrogens with one attached hydrogen (secondary N) is 2. The van der Waals surface area contributed by atoms with E-state index in [0.29, 0.717) is 13.0 Å². The van der Waals surface area contributed by atoms with Crippen molar-refractivity contribution in [2.24, 2.45) is 0 Å². The van der Waals surface area contributed by atoms with E-state index in [9.17, 15) is 4.79 Å². The molecular formula is C31H40N4O3. The highest BCUT2D eigenvalue weighted by Crippen LogP contribution is 2.19. The molecule has 0 aliphatic carbocycles. The van der Waals surface area contributed by atoms with Crippen LogP contribution < -0.4 is 10.2 Å². The predicted octanol–water partition coefficient (Wildman–Crippen LogP) is 7.29. The van der Waals surface area contributed by atoms with Crippen molar-refractivity contribution in [2.75, 3.05) is 6.61 Å². The number of para-hydroxylation sites is 1. The number of fused-ring (bicyclic) bond motifs is 1. The smallest absolute Gasteiger partial charge is 0.243 e. The third-order valence-corrected chi connectivity index (χ3v) is 5.62. The van der Waals surface area contributed by atoms with Crippen molar-refractivity contribution >= 4 is 29.0 Å². The molecule has 202 valence electrons. The Kier molecular flexibility index (Phi) is 13.9. The molecule has 7 nitrogen and oxygen atoms in total. The van der Waals surface area contributed by atoms with Gasteiger partial charge in [0, 0.05) is 18.0 Å². The summed E-state index contributed by atoms with van der Waals surface area (Å²) in [4.78, 5) is 15.0. The number of nitrogens with zero attached hydrogens (tertiary/aromatic N) is 2. The Morgan fingerprint density at radius 2 is 1.74 bits per heavy atom. The number of hydrogen-bond donors (Lipinski definition) is 3. The Morgan fingerprint density at radius 1 is 0.974 bits per heavy atom. The summed E-state index contributed by atoms with van der Waals surface area (Å²) in [5.41, 5.74) is 6.95. The maximum Gasteiger partial charge on any atom is 0.243 e. The Bertz CT molecular complexity index is 1250. The van der Waals surface area contributed by atoms with E-state index in [1.54, 1.807) is 11.7 Å². The van der Waals surface area contributed by atoms with Gasteiger partial charge in [-0.25, -0.2) is 5.48 Å². The molecule has 0 fully saturated rings. The minimum atomic E-state index is -0.314. The molecule has 0 bridgehead atoms. The second-order valence-corrected chi connectivity index (χ2v) is 8.56. The van der Waals surface area contributed by atoms with Crippen molar-refractivity contribution in [2.45, 2.75) is 59.8 Å². The van der Waals surface area contributed by atoms with Crippen LogP contribution in [0.2, 0.25) is 0 Å². The molecule has 38 heavy (non-hydrogen) atoms. The molecule has 2 heterocycles. The first-order valence-corrected chi connectivity index (χ1v) is 13.2. The van der Waals surface area contributed by atoms with Crippen LogP contribution in [0.3, 0.4) is 0 Å². The number of pyridine rings is 1. The largest absolute Gasteiger partial charge is 0.493 e. The summed E-state index contributed by atoms with van der Waals surface area (Å²) in [5.74, 6) is 0.628. The van der Waals surface area contributed by atoms with Crippen LogP contribution in [-0.2, 0) is 4.79 Å². The minimum Gasteiger partial charge on any atom is -0.493 e. The predicted molar refractivity (Wildman–Crippen MR) is 155 cm³/mol. The van der Waals surface area contributed by atoms with Gasteiger partial charge in [0.05, 0.1) is 23.5 Å². The van der Waals surface area contributed by atoms with Crippen molar-refractivity contribution in [3.8, 4) is 5.75 Å². The molecule has 0 spiro atoms. The zero-order valence-electron chi connectivity index (χ0n) is 22.9. The van der Waals surface area contributed by atoms with Crippen LogP contribution in [0.4, 0.5) is 0 Å². The zero-order chi connectivity index (χ0) is 27.6. The van der Waals surface area contributed by atoms with Gasteiger partial charge >= 0.3 is 0 Å². The van der Waals surface area contributed by atoms with Crippen LogP contribution in [0.15, 0.2) is 66.9 Å². The maximum atomic E-state index is 10.7. The molecule has 4 aromatic rings. The number of H-pyrrole nitrogens is 1. The molecule has 7 heteroatoms. The molecule has 0 saturated carbocycles. The normalized spacial score (nSPS) is 10.3. The molecule has 4 rings (SSSR count). The lowest BCUT2D eigenvalue weighted by Crippen LogP contribution is -2.17. The molecule has 0 atom stereocenters. The van der Waals surface area contributed by atoms with Gasteiger partial charge in [-0.3, -0.25) is 20.1 Å². The average molecular weight is 517 g/mol. The van der Waals surface area contributed by atoms with Crippen molar-refractivity contribution in [3.05, 3.63) is 89.4 Å². The molecule has 2 aromatic heterocycles. The number of hydrogen-bond acceptors (Lipinski definition) is 5. The molecule has 0 saturated heterocycles. The number of amides is 1. The highest BCUT2D eigenvalue weighted by Gasteiger charge is 2.02. The van der Waals surface area contributed by atoms with Gasteiger partial charge in [-0.1, -0.05) is 63.1 Å². The number of aryl methyl sites for hydroxylation is 2. The van der Waals surface area contributed by atoms with Gasteiger partial charge < -0.3 is 4.74 Å². The standard InChI is InChI=1S/C15H13N3.C14H21NO3.C2H6/c1-11-5-7-13-14(17-18-15(13)10-11)8-6-12-4-2-3-9-16-12;1-12-8-5-6-9-13(12)18-11-7-3-2-4-10-14(16)15-17;1-2/h2-10H,1H3,(H,17,18);5-6,8-9,17H,2-4,7,10-11H2,1H3,(H,15,16);1-2H3/b8-6+;;. The first kappa shape index (κ1) is 30.3. The van der Waals surface area contributed by atoms with E-state index in [1.165, 1.54) is 5.56 Å². The number of carbonyl (C=O) groups excluding carboxylic acids is 1. The van der Waals surface area contributed by atoms with E-state index in [4.69, 9.17) is 9.94 Å².